The molecule has 24 heavy (non-hydrogen) atoms. The van der Waals surface area contributed by atoms with Crippen LogP contribution in [0.15, 0.2) is 54.1 Å². The molecule has 2 aromatic rings. The van der Waals surface area contributed by atoms with E-state index in [1.807, 2.05) is 0 Å². The van der Waals surface area contributed by atoms with Gasteiger partial charge in [-0.05, 0) is 53.8 Å². The zero-order valence-corrected chi connectivity index (χ0v) is 18.2. The van der Waals surface area contributed by atoms with Crippen LogP contribution in [0.1, 0.15) is 44.7 Å². The minimum absolute atomic E-state index is 0. The molecule has 1 saturated heterocycles. The van der Waals surface area contributed by atoms with Crippen molar-refractivity contribution in [1.29, 1.82) is 0 Å². The number of benzene rings is 2. The summed E-state index contributed by atoms with van der Waals surface area (Å²) in [6.07, 6.45) is 2.27. The standard InChI is InChI=1S/C20H19Br2N.BrH/c21-19-16-7-3-1-5-14(16)18(13-9-11-23-12-10-13)15-6-2-4-8-17(15)20(19)22;/h1-8,19-20,23H,9-12H2;1H. The van der Waals surface area contributed by atoms with Crippen LogP contribution in [-0.2, 0) is 0 Å². The Balaban J connectivity index is 0.00000169. The smallest absolute Gasteiger partial charge is 0.0567 e. The Bertz CT molecular complexity index is 707. The van der Waals surface area contributed by atoms with Crippen molar-refractivity contribution in [3.8, 4) is 0 Å². The molecule has 1 N–H and O–H groups in total. The van der Waals surface area contributed by atoms with Gasteiger partial charge in [0.25, 0.3) is 0 Å². The van der Waals surface area contributed by atoms with E-state index in [0.29, 0.717) is 0 Å². The lowest BCUT2D eigenvalue weighted by Crippen LogP contribution is -2.24. The van der Waals surface area contributed by atoms with Gasteiger partial charge in [-0.2, -0.15) is 0 Å². The molecule has 1 aliphatic carbocycles. The van der Waals surface area contributed by atoms with Crippen LogP contribution in [0, 0.1) is 0 Å². The predicted molar refractivity (Wildman–Crippen MR) is 115 cm³/mol. The molecule has 1 nitrogen and oxygen atoms in total. The lowest BCUT2D eigenvalue weighted by atomic mass is 9.86. The van der Waals surface area contributed by atoms with E-state index >= 15 is 0 Å². The summed E-state index contributed by atoms with van der Waals surface area (Å²) in [6, 6.07) is 17.7. The van der Waals surface area contributed by atoms with E-state index in [-0.39, 0.29) is 26.6 Å². The van der Waals surface area contributed by atoms with Gasteiger partial charge in [0.15, 0.2) is 0 Å². The number of piperidine rings is 1. The van der Waals surface area contributed by atoms with Crippen molar-refractivity contribution < 1.29 is 0 Å². The van der Waals surface area contributed by atoms with Gasteiger partial charge in [0.2, 0.25) is 0 Å². The fourth-order valence-corrected chi connectivity index (χ4v) is 5.12. The van der Waals surface area contributed by atoms with Gasteiger partial charge in [0, 0.05) is 0 Å². The highest BCUT2D eigenvalue weighted by molar-refractivity contribution is 9.12. The van der Waals surface area contributed by atoms with E-state index in [0.717, 1.165) is 25.9 Å². The van der Waals surface area contributed by atoms with Crippen LogP contribution in [0.5, 0.6) is 0 Å². The number of halogens is 3. The molecule has 1 aliphatic heterocycles. The van der Waals surface area contributed by atoms with Crippen molar-refractivity contribution in [2.45, 2.75) is 22.5 Å². The van der Waals surface area contributed by atoms with Gasteiger partial charge in [-0.15, -0.1) is 17.0 Å². The first-order chi connectivity index (χ1) is 11.3. The Hall–Kier alpha value is -0.420. The highest BCUT2D eigenvalue weighted by atomic mass is 79.9. The Labute approximate surface area is 171 Å². The summed E-state index contributed by atoms with van der Waals surface area (Å²) in [6.45, 7) is 2.16. The second-order valence-electron chi connectivity index (χ2n) is 6.21. The second kappa shape index (κ2) is 7.86. The highest BCUT2D eigenvalue weighted by Crippen LogP contribution is 2.51. The van der Waals surface area contributed by atoms with E-state index in [4.69, 9.17) is 0 Å². The molecule has 1 fully saturated rings. The fourth-order valence-electron chi connectivity index (χ4n) is 3.75. The van der Waals surface area contributed by atoms with E-state index < -0.39 is 0 Å². The maximum Gasteiger partial charge on any atom is 0.0567 e. The van der Waals surface area contributed by atoms with Crippen molar-refractivity contribution in [2.24, 2.45) is 0 Å². The van der Waals surface area contributed by atoms with E-state index in [1.165, 1.54) is 27.8 Å². The van der Waals surface area contributed by atoms with Gasteiger partial charge in [-0.1, -0.05) is 86.0 Å². The van der Waals surface area contributed by atoms with Crippen LogP contribution in [0.25, 0.3) is 5.57 Å². The predicted octanol–water partition coefficient (Wildman–Crippen LogP) is 6.34. The summed E-state index contributed by atoms with van der Waals surface area (Å²) in [5.41, 5.74) is 8.59. The zero-order valence-electron chi connectivity index (χ0n) is 13.3. The van der Waals surface area contributed by atoms with Crippen LogP contribution in [-0.4, -0.2) is 13.1 Å². The highest BCUT2D eigenvalue weighted by Gasteiger charge is 2.31. The molecule has 2 aliphatic rings. The summed E-state index contributed by atoms with van der Waals surface area (Å²) in [4.78, 5) is 0.555. The quantitative estimate of drug-likeness (QED) is 0.405. The van der Waals surface area contributed by atoms with Gasteiger partial charge in [0.1, 0.15) is 0 Å². The van der Waals surface area contributed by atoms with Crippen LogP contribution in [0.3, 0.4) is 0 Å². The third kappa shape index (κ3) is 3.18. The van der Waals surface area contributed by atoms with E-state index in [1.54, 1.807) is 5.57 Å². The SMILES string of the molecule is Br.BrC1c2ccccc2C(=C2CCNCC2)c2ccccc2C1Br. The zero-order chi connectivity index (χ0) is 15.8. The molecule has 2 unspecified atom stereocenters. The second-order valence-corrected chi connectivity index (χ2v) is 8.18. The molecule has 0 saturated carbocycles. The molecule has 2 aromatic carbocycles. The molecule has 0 aromatic heterocycles. The third-order valence-corrected chi connectivity index (χ3v) is 7.63. The Morgan fingerprint density at radius 2 is 1.21 bits per heavy atom. The Kier molecular flexibility index (Phi) is 6.02. The lowest BCUT2D eigenvalue weighted by Gasteiger charge is -2.22. The van der Waals surface area contributed by atoms with Crippen molar-refractivity contribution >= 4 is 54.4 Å². The molecule has 1 heterocycles. The number of rotatable bonds is 0. The third-order valence-electron chi connectivity index (χ3n) is 4.87. The summed E-state index contributed by atoms with van der Waals surface area (Å²) in [5, 5.41) is 3.48. The van der Waals surface area contributed by atoms with Gasteiger partial charge < -0.3 is 5.32 Å². The normalized spacial score (nSPS) is 22.9. The van der Waals surface area contributed by atoms with E-state index in [9.17, 15) is 0 Å². The minimum Gasteiger partial charge on any atom is -0.316 e. The van der Waals surface area contributed by atoms with Gasteiger partial charge in [-0.25, -0.2) is 0 Å². The van der Waals surface area contributed by atoms with E-state index in [2.05, 4.69) is 85.7 Å². The largest absolute Gasteiger partial charge is 0.316 e. The summed E-state index contributed by atoms with van der Waals surface area (Å²) >= 11 is 7.88. The topological polar surface area (TPSA) is 12.0 Å². The minimum atomic E-state index is 0. The maximum absolute atomic E-state index is 3.94. The van der Waals surface area contributed by atoms with Crippen LogP contribution < -0.4 is 5.32 Å². The first kappa shape index (κ1) is 18.4. The molecule has 0 radical (unpaired) electrons. The first-order valence-corrected chi connectivity index (χ1v) is 10.00. The molecule has 0 spiro atoms. The number of hydrogen-bond donors (Lipinski definition) is 1. The molecule has 4 heteroatoms. The molecular weight excluding hydrogens is 494 g/mol. The molecule has 4 rings (SSSR count). The van der Waals surface area contributed by atoms with Crippen molar-refractivity contribution in [1.82, 2.24) is 5.32 Å². The summed E-state index contributed by atoms with van der Waals surface area (Å²) < 4.78 is 0. The molecule has 2 atom stereocenters. The van der Waals surface area contributed by atoms with Crippen molar-refractivity contribution in [3.63, 3.8) is 0 Å². The number of nitrogens with one attached hydrogen (secondary N) is 1. The van der Waals surface area contributed by atoms with Gasteiger partial charge in [0.05, 0.1) is 9.65 Å². The van der Waals surface area contributed by atoms with Gasteiger partial charge in [-0.3, -0.25) is 0 Å². The molecular formula is C20H20Br3N. The van der Waals surface area contributed by atoms with Gasteiger partial charge >= 0.3 is 0 Å². The number of alkyl halides is 2. The monoisotopic (exact) mass is 511 g/mol. The Morgan fingerprint density at radius 3 is 1.71 bits per heavy atom. The average Bonchev–Trinajstić information content (AvgIpc) is 2.71. The van der Waals surface area contributed by atoms with Crippen LogP contribution >= 0.6 is 48.8 Å². The van der Waals surface area contributed by atoms with Crippen molar-refractivity contribution in [2.75, 3.05) is 13.1 Å². The maximum atomic E-state index is 3.94. The molecule has 0 amide bonds. The number of fused-ring (bicyclic) bond motifs is 2. The summed E-state index contributed by atoms with van der Waals surface area (Å²) in [7, 11) is 0. The average molecular weight is 514 g/mol. The summed E-state index contributed by atoms with van der Waals surface area (Å²) in [5.74, 6) is 0. The first-order valence-electron chi connectivity index (χ1n) is 8.17. The lowest BCUT2D eigenvalue weighted by molar-refractivity contribution is 0.611. The number of hydrogen-bond acceptors (Lipinski definition) is 1. The van der Waals surface area contributed by atoms with Crippen molar-refractivity contribution in [3.05, 3.63) is 76.4 Å². The molecule has 126 valence electrons. The van der Waals surface area contributed by atoms with Crippen LogP contribution in [0.4, 0.5) is 0 Å². The fraction of sp³-hybridized carbons (Fsp3) is 0.300. The Morgan fingerprint density at radius 1 is 0.750 bits per heavy atom. The van der Waals surface area contributed by atoms with Crippen LogP contribution in [0.2, 0.25) is 0 Å². The molecule has 0 bridgehead atoms.